The molecule has 0 aromatic heterocycles. The molecule has 2 unspecified atom stereocenters. The fraction of sp³-hybridized carbons (Fsp3) is 0.571. The lowest BCUT2D eigenvalue weighted by molar-refractivity contribution is -0.0542. The molecule has 1 heterocycles. The molecule has 1 aromatic rings. The van der Waals surface area contributed by atoms with Gasteiger partial charge in [-0.1, -0.05) is 30.3 Å². The first-order chi connectivity index (χ1) is 7.68. The van der Waals surface area contributed by atoms with Crippen LogP contribution in [0.25, 0.3) is 0 Å². The van der Waals surface area contributed by atoms with Crippen molar-refractivity contribution in [2.75, 3.05) is 20.7 Å². The van der Waals surface area contributed by atoms with Crippen LogP contribution >= 0.6 is 0 Å². The van der Waals surface area contributed by atoms with Gasteiger partial charge in [0.25, 0.3) is 0 Å². The summed E-state index contributed by atoms with van der Waals surface area (Å²) in [7, 11) is 4.01. The van der Waals surface area contributed by atoms with Crippen LogP contribution in [0.5, 0.6) is 0 Å². The maximum absolute atomic E-state index is 5.84. The van der Waals surface area contributed by atoms with Crippen molar-refractivity contribution in [3.05, 3.63) is 35.9 Å². The predicted molar refractivity (Wildman–Crippen MR) is 66.5 cm³/mol. The molecule has 0 N–H and O–H groups in total. The lowest BCUT2D eigenvalue weighted by Crippen LogP contribution is -2.45. The van der Waals surface area contributed by atoms with Gasteiger partial charge >= 0.3 is 0 Å². The molecule has 16 heavy (non-hydrogen) atoms. The minimum absolute atomic E-state index is 0.188. The monoisotopic (exact) mass is 219 g/mol. The van der Waals surface area contributed by atoms with Crippen molar-refractivity contribution in [3.8, 4) is 0 Å². The van der Waals surface area contributed by atoms with Gasteiger partial charge in [0.2, 0.25) is 0 Å². The summed E-state index contributed by atoms with van der Waals surface area (Å²) in [4.78, 5) is 2.41. The Morgan fingerprint density at radius 3 is 2.50 bits per heavy atom. The summed E-state index contributed by atoms with van der Waals surface area (Å²) < 4.78 is 5.84. The van der Waals surface area contributed by atoms with Crippen LogP contribution in [-0.2, 0) is 10.3 Å². The van der Waals surface area contributed by atoms with Crippen LogP contribution in [0.1, 0.15) is 25.3 Å². The van der Waals surface area contributed by atoms with E-state index < -0.39 is 0 Å². The molecule has 0 spiro atoms. The van der Waals surface area contributed by atoms with E-state index in [1.165, 1.54) is 24.9 Å². The Hall–Kier alpha value is -0.860. The minimum atomic E-state index is -0.188. The molecule has 0 bridgehead atoms. The third kappa shape index (κ3) is 1.87. The minimum Gasteiger partial charge on any atom is -0.372 e. The Bertz CT molecular complexity index is 338. The van der Waals surface area contributed by atoms with Gasteiger partial charge in [0.15, 0.2) is 0 Å². The second-order valence-corrected chi connectivity index (χ2v) is 4.82. The Morgan fingerprint density at radius 1 is 1.31 bits per heavy atom. The van der Waals surface area contributed by atoms with Crippen molar-refractivity contribution >= 4 is 0 Å². The third-order valence-electron chi connectivity index (χ3n) is 3.93. The molecule has 0 saturated carbocycles. The maximum atomic E-state index is 5.84. The highest BCUT2D eigenvalue weighted by atomic mass is 16.5. The highest BCUT2D eigenvalue weighted by Crippen LogP contribution is 2.36. The van der Waals surface area contributed by atoms with Crippen molar-refractivity contribution < 1.29 is 4.74 Å². The van der Waals surface area contributed by atoms with Gasteiger partial charge in [-0.05, 0) is 38.9 Å². The summed E-state index contributed by atoms with van der Waals surface area (Å²) in [6.45, 7) is 3.38. The van der Waals surface area contributed by atoms with Gasteiger partial charge < -0.3 is 9.64 Å². The SMILES string of the molecule is COC(C)(c1ccccc1)C1CCCN1C. The Morgan fingerprint density at radius 2 is 2.00 bits per heavy atom. The molecule has 1 aromatic carbocycles. The van der Waals surface area contributed by atoms with Crippen molar-refractivity contribution in [3.63, 3.8) is 0 Å². The molecule has 0 amide bonds. The zero-order valence-electron chi connectivity index (χ0n) is 10.4. The number of hydrogen-bond acceptors (Lipinski definition) is 2. The van der Waals surface area contributed by atoms with Crippen molar-refractivity contribution in [1.29, 1.82) is 0 Å². The van der Waals surface area contributed by atoms with Gasteiger partial charge in [-0.3, -0.25) is 0 Å². The van der Waals surface area contributed by atoms with E-state index in [1.807, 2.05) is 7.11 Å². The number of benzene rings is 1. The summed E-state index contributed by atoms with van der Waals surface area (Å²) in [6.07, 6.45) is 2.49. The van der Waals surface area contributed by atoms with E-state index in [1.54, 1.807) is 0 Å². The molecule has 2 nitrogen and oxygen atoms in total. The molecular weight excluding hydrogens is 198 g/mol. The molecule has 2 atom stereocenters. The summed E-state index contributed by atoms with van der Waals surface area (Å²) in [5.41, 5.74) is 1.09. The van der Waals surface area contributed by atoms with E-state index in [0.29, 0.717) is 6.04 Å². The lowest BCUT2D eigenvalue weighted by atomic mass is 9.86. The maximum Gasteiger partial charge on any atom is 0.105 e. The normalized spacial score (nSPS) is 25.6. The van der Waals surface area contributed by atoms with Crippen LogP contribution in [0.2, 0.25) is 0 Å². The number of likely N-dealkylation sites (N-methyl/N-ethyl adjacent to an activating group) is 1. The van der Waals surface area contributed by atoms with E-state index in [2.05, 4.69) is 49.2 Å². The van der Waals surface area contributed by atoms with Crippen LogP contribution in [-0.4, -0.2) is 31.6 Å². The largest absolute Gasteiger partial charge is 0.372 e. The van der Waals surface area contributed by atoms with E-state index in [0.717, 1.165) is 0 Å². The Balaban J connectivity index is 2.32. The molecule has 0 aliphatic carbocycles. The van der Waals surface area contributed by atoms with E-state index in [-0.39, 0.29) is 5.60 Å². The number of rotatable bonds is 3. The molecular formula is C14H21NO. The molecule has 1 aliphatic rings. The number of methoxy groups -OCH3 is 1. The van der Waals surface area contributed by atoms with E-state index >= 15 is 0 Å². The fourth-order valence-electron chi connectivity index (χ4n) is 2.82. The molecule has 88 valence electrons. The first-order valence-electron chi connectivity index (χ1n) is 5.99. The second-order valence-electron chi connectivity index (χ2n) is 4.82. The number of ether oxygens (including phenoxy) is 1. The topological polar surface area (TPSA) is 12.5 Å². The highest BCUT2D eigenvalue weighted by Gasteiger charge is 2.40. The van der Waals surface area contributed by atoms with Crippen molar-refractivity contribution in [1.82, 2.24) is 4.90 Å². The van der Waals surface area contributed by atoms with Crippen molar-refractivity contribution in [2.24, 2.45) is 0 Å². The Kier molecular flexibility index (Phi) is 3.31. The summed E-state index contributed by atoms with van der Waals surface area (Å²) in [5, 5.41) is 0. The van der Waals surface area contributed by atoms with Crippen LogP contribution in [0.4, 0.5) is 0 Å². The lowest BCUT2D eigenvalue weighted by Gasteiger charge is -2.38. The smallest absolute Gasteiger partial charge is 0.105 e. The molecule has 2 heteroatoms. The predicted octanol–water partition coefficient (Wildman–Crippen LogP) is 2.64. The van der Waals surface area contributed by atoms with Gasteiger partial charge in [-0.15, -0.1) is 0 Å². The average molecular weight is 219 g/mol. The Labute approximate surface area is 98.2 Å². The molecule has 1 aliphatic heterocycles. The molecule has 1 fully saturated rings. The van der Waals surface area contributed by atoms with Crippen LogP contribution in [0.15, 0.2) is 30.3 Å². The quantitative estimate of drug-likeness (QED) is 0.775. The van der Waals surface area contributed by atoms with E-state index in [9.17, 15) is 0 Å². The summed E-state index contributed by atoms with van der Waals surface area (Å²) in [6, 6.07) is 11.0. The van der Waals surface area contributed by atoms with Crippen LogP contribution < -0.4 is 0 Å². The second kappa shape index (κ2) is 4.56. The van der Waals surface area contributed by atoms with Crippen LogP contribution in [0.3, 0.4) is 0 Å². The summed E-state index contributed by atoms with van der Waals surface area (Å²) in [5.74, 6) is 0. The first-order valence-corrected chi connectivity index (χ1v) is 5.99. The van der Waals surface area contributed by atoms with E-state index in [4.69, 9.17) is 4.74 Å². The molecule has 1 saturated heterocycles. The fourth-order valence-corrected chi connectivity index (χ4v) is 2.82. The number of likely N-dealkylation sites (tertiary alicyclic amines) is 1. The first kappa shape index (κ1) is 11.6. The molecule has 2 rings (SSSR count). The third-order valence-corrected chi connectivity index (χ3v) is 3.93. The summed E-state index contributed by atoms with van der Waals surface area (Å²) >= 11 is 0. The highest BCUT2D eigenvalue weighted by molar-refractivity contribution is 5.24. The zero-order chi connectivity index (χ0) is 11.6. The number of nitrogens with zero attached hydrogens (tertiary/aromatic N) is 1. The number of hydrogen-bond donors (Lipinski definition) is 0. The van der Waals surface area contributed by atoms with Gasteiger partial charge in [0, 0.05) is 13.2 Å². The average Bonchev–Trinajstić information content (AvgIpc) is 2.76. The van der Waals surface area contributed by atoms with Gasteiger partial charge in [-0.2, -0.15) is 0 Å². The van der Waals surface area contributed by atoms with Crippen molar-refractivity contribution in [2.45, 2.75) is 31.4 Å². The van der Waals surface area contributed by atoms with Gasteiger partial charge in [0.05, 0.1) is 0 Å². The molecule has 0 radical (unpaired) electrons. The van der Waals surface area contributed by atoms with Crippen LogP contribution in [0, 0.1) is 0 Å². The standard InChI is InChI=1S/C14H21NO/c1-14(16-3,12-8-5-4-6-9-12)13-10-7-11-15(13)2/h4-6,8-9,13H,7,10-11H2,1-3H3. The zero-order valence-corrected chi connectivity index (χ0v) is 10.4. The van der Waals surface area contributed by atoms with Gasteiger partial charge in [-0.25, -0.2) is 0 Å². The van der Waals surface area contributed by atoms with Gasteiger partial charge in [0.1, 0.15) is 5.60 Å².